The molecule has 2 heterocycles. The van der Waals surface area contributed by atoms with Crippen molar-refractivity contribution in [3.05, 3.63) is 95.1 Å². The summed E-state index contributed by atoms with van der Waals surface area (Å²) in [6.07, 6.45) is 0.153. The minimum absolute atomic E-state index is 0.0755. The largest absolute Gasteiger partial charge is 0.497 e. The number of benzene rings is 3. The quantitative estimate of drug-likeness (QED) is 0.276. The number of nitrogens with one attached hydrogen (secondary N) is 1. The van der Waals surface area contributed by atoms with Gasteiger partial charge in [-0.05, 0) is 66.1 Å². The summed E-state index contributed by atoms with van der Waals surface area (Å²) < 4.78 is 52.0. The summed E-state index contributed by atoms with van der Waals surface area (Å²) in [4.78, 5) is 29.7. The number of halogens is 1. The van der Waals surface area contributed by atoms with Crippen molar-refractivity contribution in [3.63, 3.8) is 0 Å². The third kappa shape index (κ3) is 6.45. The van der Waals surface area contributed by atoms with Gasteiger partial charge in [0.25, 0.3) is 5.91 Å². The minimum atomic E-state index is -4.05. The highest BCUT2D eigenvalue weighted by molar-refractivity contribution is 7.89. The number of nitrogens with zero attached hydrogens (tertiary/aromatic N) is 2. The van der Waals surface area contributed by atoms with Crippen molar-refractivity contribution < 1.29 is 31.9 Å². The van der Waals surface area contributed by atoms with Crippen LogP contribution < -0.4 is 10.1 Å². The Balaban J connectivity index is 1.24. The third-order valence-electron chi connectivity index (χ3n) is 6.64. The standard InChI is InChI=1S/C29H26FN3O6S2/c1-38-22-10-6-20(7-11-22)25-18-40-29(31-25)32-27(34)17-39-28(35)16-26-24-5-3-2-4-19(24)14-15-33(26)41(36,37)23-12-8-21(30)9-13-23/h2-13,18,26H,14-17H2,1H3,(H,31,32,34). The molecular weight excluding hydrogens is 569 g/mol. The second-order valence-corrected chi connectivity index (χ2v) is 12.0. The van der Waals surface area contributed by atoms with Crippen molar-refractivity contribution in [2.24, 2.45) is 0 Å². The first-order valence-electron chi connectivity index (χ1n) is 12.7. The van der Waals surface area contributed by atoms with Crippen LogP contribution in [0.1, 0.15) is 23.6 Å². The van der Waals surface area contributed by atoms with Crippen LogP contribution in [0.2, 0.25) is 0 Å². The first kappa shape index (κ1) is 28.4. The van der Waals surface area contributed by atoms with E-state index in [1.165, 1.54) is 27.8 Å². The number of carbonyl (C=O) groups excluding carboxylic acids is 2. The molecule has 41 heavy (non-hydrogen) atoms. The Kier molecular flexibility index (Phi) is 8.43. The maximum Gasteiger partial charge on any atom is 0.308 e. The van der Waals surface area contributed by atoms with Crippen LogP contribution in [-0.2, 0) is 30.8 Å². The van der Waals surface area contributed by atoms with E-state index in [9.17, 15) is 22.4 Å². The van der Waals surface area contributed by atoms with E-state index in [1.807, 2.05) is 36.4 Å². The number of amides is 1. The molecule has 5 rings (SSSR count). The van der Waals surface area contributed by atoms with Gasteiger partial charge in [-0.1, -0.05) is 24.3 Å². The fourth-order valence-electron chi connectivity index (χ4n) is 4.61. The van der Waals surface area contributed by atoms with E-state index >= 15 is 0 Å². The van der Waals surface area contributed by atoms with Crippen LogP contribution in [0.15, 0.2) is 83.1 Å². The maximum atomic E-state index is 13.5. The van der Waals surface area contributed by atoms with E-state index in [4.69, 9.17) is 9.47 Å². The van der Waals surface area contributed by atoms with Gasteiger partial charge in [0.2, 0.25) is 10.0 Å². The van der Waals surface area contributed by atoms with Gasteiger partial charge in [0.1, 0.15) is 11.6 Å². The van der Waals surface area contributed by atoms with Crippen LogP contribution in [0.3, 0.4) is 0 Å². The Labute approximate surface area is 240 Å². The second kappa shape index (κ2) is 12.2. The molecule has 3 aromatic carbocycles. The number of carbonyl (C=O) groups is 2. The fourth-order valence-corrected chi connectivity index (χ4v) is 6.96. The first-order chi connectivity index (χ1) is 19.7. The number of hydrogen-bond acceptors (Lipinski definition) is 8. The lowest BCUT2D eigenvalue weighted by Crippen LogP contribution is -2.41. The predicted molar refractivity (Wildman–Crippen MR) is 151 cm³/mol. The van der Waals surface area contributed by atoms with Crippen molar-refractivity contribution >= 4 is 38.4 Å². The van der Waals surface area contributed by atoms with Gasteiger partial charge in [-0.15, -0.1) is 11.3 Å². The average Bonchev–Trinajstić information content (AvgIpc) is 3.44. The van der Waals surface area contributed by atoms with E-state index in [2.05, 4.69) is 10.3 Å². The number of sulfonamides is 1. The van der Waals surface area contributed by atoms with Crippen molar-refractivity contribution in [1.82, 2.24) is 9.29 Å². The second-order valence-electron chi connectivity index (χ2n) is 9.21. The van der Waals surface area contributed by atoms with Gasteiger partial charge < -0.3 is 9.47 Å². The van der Waals surface area contributed by atoms with Crippen LogP contribution in [-0.4, -0.2) is 49.8 Å². The van der Waals surface area contributed by atoms with Gasteiger partial charge in [0.05, 0.1) is 30.2 Å². The minimum Gasteiger partial charge on any atom is -0.497 e. The predicted octanol–water partition coefficient (Wildman–Crippen LogP) is 4.82. The molecule has 0 radical (unpaired) electrons. The smallest absolute Gasteiger partial charge is 0.308 e. The van der Waals surface area contributed by atoms with E-state index in [1.54, 1.807) is 24.6 Å². The summed E-state index contributed by atoms with van der Waals surface area (Å²) in [5.41, 5.74) is 3.12. The number of fused-ring (bicyclic) bond motifs is 1. The Hall–Kier alpha value is -4.13. The van der Waals surface area contributed by atoms with Gasteiger partial charge in [-0.25, -0.2) is 17.8 Å². The van der Waals surface area contributed by atoms with E-state index in [0.29, 0.717) is 28.6 Å². The zero-order valence-corrected chi connectivity index (χ0v) is 23.6. The highest BCUT2D eigenvalue weighted by Crippen LogP contribution is 2.36. The van der Waals surface area contributed by atoms with Crippen molar-refractivity contribution in [2.75, 3.05) is 25.6 Å². The Morgan fingerprint density at radius 3 is 2.54 bits per heavy atom. The van der Waals surface area contributed by atoms with Crippen LogP contribution in [0.25, 0.3) is 11.3 Å². The normalized spacial score (nSPS) is 15.1. The third-order valence-corrected chi connectivity index (χ3v) is 9.32. The lowest BCUT2D eigenvalue weighted by atomic mass is 9.92. The number of methoxy groups -OCH3 is 1. The van der Waals surface area contributed by atoms with Crippen LogP contribution in [0, 0.1) is 5.82 Å². The topological polar surface area (TPSA) is 115 Å². The molecule has 0 aliphatic carbocycles. The Morgan fingerprint density at radius 1 is 1.07 bits per heavy atom. The lowest BCUT2D eigenvalue weighted by molar-refractivity contribution is -0.148. The van der Waals surface area contributed by atoms with Gasteiger partial charge in [0.15, 0.2) is 11.7 Å². The van der Waals surface area contributed by atoms with Crippen molar-refractivity contribution in [1.29, 1.82) is 0 Å². The SMILES string of the molecule is COc1ccc(-c2csc(NC(=O)COC(=O)CC3c4ccccc4CCN3S(=O)(=O)c3ccc(F)cc3)n2)cc1. The van der Waals surface area contributed by atoms with Crippen molar-refractivity contribution in [2.45, 2.75) is 23.8 Å². The van der Waals surface area contributed by atoms with Crippen LogP contribution in [0.5, 0.6) is 5.75 Å². The van der Waals surface area contributed by atoms with Gasteiger partial charge in [0, 0.05) is 17.5 Å². The molecule has 1 atom stereocenters. The first-order valence-corrected chi connectivity index (χ1v) is 15.0. The molecular formula is C29H26FN3O6S2. The molecule has 1 unspecified atom stereocenters. The molecule has 9 nitrogen and oxygen atoms in total. The molecule has 1 aliphatic rings. The zero-order chi connectivity index (χ0) is 29.0. The number of rotatable bonds is 9. The van der Waals surface area contributed by atoms with Gasteiger partial charge in [-0.3, -0.25) is 14.9 Å². The average molecular weight is 596 g/mol. The molecule has 0 saturated carbocycles. The highest BCUT2D eigenvalue weighted by Gasteiger charge is 2.38. The molecule has 12 heteroatoms. The van der Waals surface area contributed by atoms with E-state index < -0.39 is 40.4 Å². The monoisotopic (exact) mass is 595 g/mol. The summed E-state index contributed by atoms with van der Waals surface area (Å²) in [6.45, 7) is -0.426. The number of ether oxygens (including phenoxy) is 2. The molecule has 0 saturated heterocycles. The number of thiazole rings is 1. The molecule has 1 amide bonds. The van der Waals surface area contributed by atoms with Gasteiger partial charge >= 0.3 is 5.97 Å². The molecule has 1 aliphatic heterocycles. The molecule has 212 valence electrons. The summed E-state index contributed by atoms with van der Waals surface area (Å²) in [5, 5.41) is 4.75. The van der Waals surface area contributed by atoms with E-state index in [-0.39, 0.29) is 17.9 Å². The molecule has 0 bridgehead atoms. The number of anilines is 1. The number of aromatic nitrogens is 1. The van der Waals surface area contributed by atoms with Crippen LogP contribution in [0.4, 0.5) is 9.52 Å². The molecule has 4 aromatic rings. The number of esters is 1. The lowest BCUT2D eigenvalue weighted by Gasteiger charge is -2.36. The maximum absolute atomic E-state index is 13.5. The summed E-state index contributed by atoms with van der Waals surface area (Å²) in [6, 6.07) is 18.3. The molecule has 0 fully saturated rings. The van der Waals surface area contributed by atoms with Crippen molar-refractivity contribution in [3.8, 4) is 17.0 Å². The van der Waals surface area contributed by atoms with Crippen LogP contribution >= 0.6 is 11.3 Å². The number of hydrogen-bond donors (Lipinski definition) is 1. The Morgan fingerprint density at radius 2 is 1.80 bits per heavy atom. The summed E-state index contributed by atoms with van der Waals surface area (Å²) >= 11 is 1.23. The van der Waals surface area contributed by atoms with Gasteiger partial charge in [-0.2, -0.15) is 4.31 Å². The van der Waals surface area contributed by atoms with E-state index in [0.717, 1.165) is 23.3 Å². The zero-order valence-electron chi connectivity index (χ0n) is 21.9. The fraction of sp³-hybridized carbons (Fsp3) is 0.207. The summed E-state index contributed by atoms with van der Waals surface area (Å²) in [7, 11) is -2.47. The highest BCUT2D eigenvalue weighted by atomic mass is 32.2. The Bertz CT molecular complexity index is 1660. The molecule has 1 aromatic heterocycles. The molecule has 0 spiro atoms. The summed E-state index contributed by atoms with van der Waals surface area (Å²) in [5.74, 6) is -1.15. The molecule has 1 N–H and O–H groups in total.